The van der Waals surface area contributed by atoms with Crippen LogP contribution < -0.4 is 18.9 Å². The molecule has 4 rings (SSSR count). The summed E-state index contributed by atoms with van der Waals surface area (Å²) in [6.45, 7) is 4.97. The number of hydrogen-bond donors (Lipinski definition) is 0. The van der Waals surface area contributed by atoms with Crippen molar-refractivity contribution in [3.8, 4) is 23.0 Å². The SMILES string of the molecule is COc1ccc(/C=N/N=C2\S/C(=C\c3ccc(OCC(C)C)c(OC)c3)C(=O)N2Cc2ccco2)cc1OC. The van der Waals surface area contributed by atoms with Crippen molar-refractivity contribution in [2.45, 2.75) is 20.4 Å². The lowest BCUT2D eigenvalue weighted by Gasteiger charge is -2.13. The zero-order chi connectivity index (χ0) is 27.8. The number of furan rings is 1. The van der Waals surface area contributed by atoms with Gasteiger partial charge in [-0.25, -0.2) is 0 Å². The molecule has 2 heterocycles. The van der Waals surface area contributed by atoms with Crippen LogP contribution in [-0.4, -0.2) is 50.1 Å². The molecular weight excluding hydrogens is 518 g/mol. The van der Waals surface area contributed by atoms with Crippen molar-refractivity contribution in [2.24, 2.45) is 16.1 Å². The average molecular weight is 550 g/mol. The third-order valence-electron chi connectivity index (χ3n) is 5.60. The summed E-state index contributed by atoms with van der Waals surface area (Å²) in [6, 6.07) is 14.6. The Hall–Kier alpha value is -4.18. The molecule has 0 spiro atoms. The van der Waals surface area contributed by atoms with Crippen LogP contribution in [0.4, 0.5) is 0 Å². The molecule has 1 fully saturated rings. The molecular formula is C29H31N3O6S. The first kappa shape index (κ1) is 27.8. The van der Waals surface area contributed by atoms with Gasteiger partial charge < -0.3 is 23.4 Å². The second-order valence-corrected chi connectivity index (χ2v) is 9.95. The van der Waals surface area contributed by atoms with Gasteiger partial charge in [-0.2, -0.15) is 5.10 Å². The minimum atomic E-state index is -0.199. The first-order valence-electron chi connectivity index (χ1n) is 12.3. The van der Waals surface area contributed by atoms with Gasteiger partial charge in [-0.1, -0.05) is 19.9 Å². The number of methoxy groups -OCH3 is 3. The van der Waals surface area contributed by atoms with Crippen molar-refractivity contribution in [1.82, 2.24) is 4.90 Å². The number of nitrogens with zero attached hydrogens (tertiary/aromatic N) is 3. The van der Waals surface area contributed by atoms with Gasteiger partial charge in [0.1, 0.15) is 5.76 Å². The number of benzene rings is 2. The predicted molar refractivity (Wildman–Crippen MR) is 153 cm³/mol. The van der Waals surface area contributed by atoms with Crippen molar-refractivity contribution in [2.75, 3.05) is 27.9 Å². The molecule has 0 atom stereocenters. The lowest BCUT2D eigenvalue weighted by Crippen LogP contribution is -2.28. The number of amidine groups is 1. The molecule has 1 amide bonds. The van der Waals surface area contributed by atoms with E-state index < -0.39 is 0 Å². The Balaban J connectivity index is 1.60. The smallest absolute Gasteiger partial charge is 0.267 e. The maximum absolute atomic E-state index is 13.4. The van der Waals surface area contributed by atoms with Crippen LogP contribution in [0.1, 0.15) is 30.7 Å². The third kappa shape index (κ3) is 7.02. The molecule has 1 aliphatic rings. The maximum Gasteiger partial charge on any atom is 0.267 e. The summed E-state index contributed by atoms with van der Waals surface area (Å²) >= 11 is 1.24. The molecule has 1 aromatic heterocycles. The monoisotopic (exact) mass is 549 g/mol. The molecule has 0 N–H and O–H groups in total. The van der Waals surface area contributed by atoms with Gasteiger partial charge in [-0.15, -0.1) is 5.10 Å². The highest BCUT2D eigenvalue weighted by Crippen LogP contribution is 2.36. The Morgan fingerprint density at radius 1 is 0.949 bits per heavy atom. The molecule has 1 aliphatic heterocycles. The Labute approximate surface area is 232 Å². The molecule has 3 aromatic rings. The van der Waals surface area contributed by atoms with Crippen LogP contribution in [0, 0.1) is 5.92 Å². The van der Waals surface area contributed by atoms with Gasteiger partial charge in [0.2, 0.25) is 0 Å². The molecule has 0 bridgehead atoms. The van der Waals surface area contributed by atoms with Crippen molar-refractivity contribution in [3.05, 3.63) is 76.6 Å². The molecule has 0 unspecified atom stereocenters. The van der Waals surface area contributed by atoms with Crippen LogP contribution in [0.2, 0.25) is 0 Å². The van der Waals surface area contributed by atoms with Gasteiger partial charge in [0.05, 0.1) is 51.9 Å². The summed E-state index contributed by atoms with van der Waals surface area (Å²) in [6.07, 6.45) is 4.96. The predicted octanol–water partition coefficient (Wildman–Crippen LogP) is 5.85. The highest BCUT2D eigenvalue weighted by molar-refractivity contribution is 8.18. The molecule has 204 valence electrons. The number of thioether (sulfide) groups is 1. The van der Waals surface area contributed by atoms with Gasteiger partial charge in [-0.3, -0.25) is 9.69 Å². The Morgan fingerprint density at radius 3 is 2.33 bits per heavy atom. The van der Waals surface area contributed by atoms with E-state index in [0.29, 0.717) is 51.4 Å². The second-order valence-electron chi connectivity index (χ2n) is 8.94. The first-order chi connectivity index (χ1) is 18.9. The topological polar surface area (TPSA) is 95.1 Å². The standard InChI is InChI=1S/C29H31N3O6S/c1-19(2)18-38-24-11-8-20(13-26(24)36-5)15-27-28(33)32(17-22-7-6-12-37-22)29(39-27)31-30-16-21-9-10-23(34-3)25(14-21)35-4/h6-16,19H,17-18H2,1-5H3/b27-15-,30-16+,31-29-. The summed E-state index contributed by atoms with van der Waals surface area (Å²) in [4.78, 5) is 15.4. The van der Waals surface area contributed by atoms with Crippen LogP contribution in [0.5, 0.6) is 23.0 Å². The molecule has 0 saturated carbocycles. The summed E-state index contributed by atoms with van der Waals surface area (Å²) in [5.41, 5.74) is 1.57. The van der Waals surface area contributed by atoms with E-state index in [1.54, 1.807) is 63.0 Å². The minimum Gasteiger partial charge on any atom is -0.493 e. The fourth-order valence-corrected chi connectivity index (χ4v) is 4.59. The summed E-state index contributed by atoms with van der Waals surface area (Å²) < 4.78 is 27.5. The number of carbonyl (C=O) groups excluding carboxylic acids is 1. The molecule has 39 heavy (non-hydrogen) atoms. The molecule has 10 heteroatoms. The Kier molecular flexibility index (Phi) is 9.32. The summed E-state index contributed by atoms with van der Waals surface area (Å²) in [5.74, 6) is 3.28. The number of rotatable bonds is 11. The van der Waals surface area contributed by atoms with Crippen molar-refractivity contribution >= 4 is 35.1 Å². The lowest BCUT2D eigenvalue weighted by atomic mass is 10.1. The quantitative estimate of drug-likeness (QED) is 0.168. The zero-order valence-corrected chi connectivity index (χ0v) is 23.4. The molecule has 0 aliphatic carbocycles. The van der Waals surface area contributed by atoms with Crippen molar-refractivity contribution in [1.29, 1.82) is 0 Å². The highest BCUT2D eigenvalue weighted by atomic mass is 32.2. The number of hydrogen-bond acceptors (Lipinski definition) is 9. The average Bonchev–Trinajstić information content (AvgIpc) is 3.56. The van der Waals surface area contributed by atoms with Crippen LogP contribution in [0.25, 0.3) is 6.08 Å². The lowest BCUT2D eigenvalue weighted by molar-refractivity contribution is -0.122. The van der Waals surface area contributed by atoms with E-state index in [4.69, 9.17) is 23.4 Å². The zero-order valence-electron chi connectivity index (χ0n) is 22.5. The van der Waals surface area contributed by atoms with Gasteiger partial charge in [0.15, 0.2) is 28.2 Å². The van der Waals surface area contributed by atoms with E-state index in [0.717, 1.165) is 11.1 Å². The summed E-state index contributed by atoms with van der Waals surface area (Å²) in [7, 11) is 4.74. The van der Waals surface area contributed by atoms with E-state index in [1.807, 2.05) is 30.3 Å². The third-order valence-corrected chi connectivity index (χ3v) is 6.59. The molecule has 0 radical (unpaired) electrons. The van der Waals surface area contributed by atoms with E-state index in [-0.39, 0.29) is 12.5 Å². The van der Waals surface area contributed by atoms with Gasteiger partial charge >= 0.3 is 0 Å². The second kappa shape index (κ2) is 13.1. The largest absolute Gasteiger partial charge is 0.493 e. The maximum atomic E-state index is 13.4. The molecule has 9 nitrogen and oxygen atoms in total. The van der Waals surface area contributed by atoms with Crippen LogP contribution >= 0.6 is 11.8 Å². The van der Waals surface area contributed by atoms with E-state index in [9.17, 15) is 4.79 Å². The number of carbonyl (C=O) groups is 1. The van der Waals surface area contributed by atoms with Crippen LogP contribution in [0.15, 0.2) is 74.3 Å². The van der Waals surface area contributed by atoms with E-state index in [1.165, 1.54) is 11.8 Å². The van der Waals surface area contributed by atoms with Gasteiger partial charge in [0, 0.05) is 0 Å². The first-order valence-corrected chi connectivity index (χ1v) is 13.1. The molecule has 2 aromatic carbocycles. The fraction of sp³-hybridized carbons (Fsp3) is 0.276. The summed E-state index contributed by atoms with van der Waals surface area (Å²) in [5, 5.41) is 9.04. The van der Waals surface area contributed by atoms with Crippen LogP contribution in [0.3, 0.4) is 0 Å². The normalized spacial score (nSPS) is 15.6. The van der Waals surface area contributed by atoms with Gasteiger partial charge in [-0.05, 0) is 77.3 Å². The van der Waals surface area contributed by atoms with Crippen molar-refractivity contribution in [3.63, 3.8) is 0 Å². The Bertz CT molecular complexity index is 1380. The van der Waals surface area contributed by atoms with Crippen LogP contribution in [-0.2, 0) is 11.3 Å². The Morgan fingerprint density at radius 2 is 1.64 bits per heavy atom. The van der Waals surface area contributed by atoms with Gasteiger partial charge in [0.25, 0.3) is 5.91 Å². The minimum absolute atomic E-state index is 0.199. The highest BCUT2D eigenvalue weighted by Gasteiger charge is 2.34. The van der Waals surface area contributed by atoms with Crippen molar-refractivity contribution < 1.29 is 28.2 Å². The van der Waals surface area contributed by atoms with E-state index in [2.05, 4.69) is 24.1 Å². The number of ether oxygens (including phenoxy) is 4. The molecule has 1 saturated heterocycles. The van der Waals surface area contributed by atoms with E-state index >= 15 is 0 Å². The number of amides is 1. The fourth-order valence-electron chi connectivity index (χ4n) is 3.66.